The van der Waals surface area contributed by atoms with E-state index in [0.717, 1.165) is 48.7 Å². The van der Waals surface area contributed by atoms with Crippen LogP contribution in [-0.2, 0) is 17.9 Å². The van der Waals surface area contributed by atoms with Crippen LogP contribution in [0.5, 0.6) is 0 Å². The second-order valence-electron chi connectivity index (χ2n) is 7.59. The van der Waals surface area contributed by atoms with Gasteiger partial charge in [-0.1, -0.05) is 41.6 Å². The number of aromatic nitrogens is 3. The van der Waals surface area contributed by atoms with Crippen LogP contribution in [-0.4, -0.2) is 62.4 Å². The lowest BCUT2D eigenvalue weighted by Crippen LogP contribution is -2.48. The lowest BCUT2D eigenvalue weighted by Gasteiger charge is -2.34. The Balaban J connectivity index is 1.26. The maximum Gasteiger partial charge on any atom is 0.233 e. The molecule has 1 aromatic heterocycles. The normalized spacial score (nSPS) is 17.5. The van der Waals surface area contributed by atoms with Crippen molar-refractivity contribution in [3.05, 3.63) is 53.3 Å². The maximum absolute atomic E-state index is 12.7. The van der Waals surface area contributed by atoms with Gasteiger partial charge in [-0.15, -0.1) is 16.8 Å². The van der Waals surface area contributed by atoms with Gasteiger partial charge in [-0.25, -0.2) is 0 Å². The molecule has 2 aliphatic rings. The summed E-state index contributed by atoms with van der Waals surface area (Å²) in [5.41, 5.74) is 1.21. The molecule has 0 spiro atoms. The standard InChI is InChI=1S/C21H26ClN5OS/c1-2-8-27-20(17-6-7-17)23-24-21(27)29-15-19(28)26-11-9-25(10-12-26)14-16-4-3-5-18(22)13-16/h2-5,13,17H,1,6-12,14-15H2. The van der Waals surface area contributed by atoms with Gasteiger partial charge in [0, 0.05) is 50.2 Å². The quantitative estimate of drug-likeness (QED) is 0.473. The number of thioether (sulfide) groups is 1. The van der Waals surface area contributed by atoms with Gasteiger partial charge in [0.1, 0.15) is 5.82 Å². The Morgan fingerprint density at radius 1 is 1.24 bits per heavy atom. The topological polar surface area (TPSA) is 54.3 Å². The van der Waals surface area contributed by atoms with Gasteiger partial charge in [0.05, 0.1) is 5.75 Å². The van der Waals surface area contributed by atoms with Crippen LogP contribution in [0.25, 0.3) is 0 Å². The van der Waals surface area contributed by atoms with Gasteiger partial charge in [0.15, 0.2) is 5.16 Å². The van der Waals surface area contributed by atoms with Gasteiger partial charge in [-0.2, -0.15) is 0 Å². The van der Waals surface area contributed by atoms with E-state index in [1.165, 1.54) is 30.2 Å². The molecule has 1 aromatic carbocycles. The van der Waals surface area contributed by atoms with E-state index in [4.69, 9.17) is 11.6 Å². The number of rotatable bonds is 8. The first-order valence-corrected chi connectivity index (χ1v) is 11.4. The highest BCUT2D eigenvalue weighted by Crippen LogP contribution is 2.40. The van der Waals surface area contributed by atoms with E-state index >= 15 is 0 Å². The molecule has 0 atom stereocenters. The summed E-state index contributed by atoms with van der Waals surface area (Å²) in [5.74, 6) is 2.13. The zero-order valence-corrected chi connectivity index (χ0v) is 18.0. The Bertz CT molecular complexity index is 874. The summed E-state index contributed by atoms with van der Waals surface area (Å²) in [6.07, 6.45) is 4.22. The summed E-state index contributed by atoms with van der Waals surface area (Å²) < 4.78 is 2.10. The smallest absolute Gasteiger partial charge is 0.233 e. The first kappa shape index (κ1) is 20.4. The third kappa shape index (κ3) is 5.21. The van der Waals surface area contributed by atoms with E-state index in [9.17, 15) is 4.79 Å². The Kier molecular flexibility index (Phi) is 6.57. The number of hydrogen-bond acceptors (Lipinski definition) is 5. The summed E-state index contributed by atoms with van der Waals surface area (Å²) in [4.78, 5) is 17.0. The number of carbonyl (C=O) groups is 1. The van der Waals surface area contributed by atoms with Crippen molar-refractivity contribution in [1.29, 1.82) is 0 Å². The van der Waals surface area contributed by atoms with Crippen molar-refractivity contribution >= 4 is 29.3 Å². The van der Waals surface area contributed by atoms with E-state index in [1.807, 2.05) is 29.2 Å². The number of carbonyl (C=O) groups excluding carboxylic acids is 1. The van der Waals surface area contributed by atoms with Gasteiger partial charge < -0.3 is 9.47 Å². The average Bonchev–Trinajstić information content (AvgIpc) is 3.49. The molecule has 1 aliphatic heterocycles. The van der Waals surface area contributed by atoms with Crippen LogP contribution in [0.4, 0.5) is 0 Å². The summed E-state index contributed by atoms with van der Waals surface area (Å²) in [5, 5.41) is 10.2. The molecule has 1 saturated carbocycles. The highest BCUT2D eigenvalue weighted by atomic mass is 35.5. The molecule has 4 rings (SSSR count). The molecule has 0 radical (unpaired) electrons. The number of amides is 1. The first-order chi connectivity index (χ1) is 14.1. The highest BCUT2D eigenvalue weighted by molar-refractivity contribution is 7.99. The number of hydrogen-bond donors (Lipinski definition) is 0. The van der Waals surface area contributed by atoms with Crippen molar-refractivity contribution < 1.29 is 4.79 Å². The minimum Gasteiger partial charge on any atom is -0.339 e. The fraction of sp³-hybridized carbons (Fsp3) is 0.476. The molecule has 2 heterocycles. The second kappa shape index (κ2) is 9.32. The van der Waals surface area contributed by atoms with Gasteiger partial charge in [0.2, 0.25) is 5.91 Å². The molecule has 29 heavy (non-hydrogen) atoms. The van der Waals surface area contributed by atoms with Crippen LogP contribution >= 0.6 is 23.4 Å². The Morgan fingerprint density at radius 3 is 2.72 bits per heavy atom. The van der Waals surface area contributed by atoms with Crippen molar-refractivity contribution in [2.24, 2.45) is 0 Å². The molecule has 0 bridgehead atoms. The van der Waals surface area contributed by atoms with Crippen LogP contribution < -0.4 is 0 Å². The molecular weight excluding hydrogens is 406 g/mol. The van der Waals surface area contributed by atoms with Crippen molar-refractivity contribution in [2.75, 3.05) is 31.9 Å². The lowest BCUT2D eigenvalue weighted by atomic mass is 10.2. The van der Waals surface area contributed by atoms with Gasteiger partial charge >= 0.3 is 0 Å². The Hall–Kier alpha value is -1.83. The zero-order chi connectivity index (χ0) is 20.2. The third-order valence-electron chi connectivity index (χ3n) is 5.34. The molecule has 2 aromatic rings. The van der Waals surface area contributed by atoms with E-state index in [-0.39, 0.29) is 5.91 Å². The number of piperazine rings is 1. The summed E-state index contributed by atoms with van der Waals surface area (Å²) in [6.45, 7) is 8.66. The Labute approximate surface area is 180 Å². The SMILES string of the molecule is C=CCn1c(SCC(=O)N2CCN(Cc3cccc(Cl)c3)CC2)nnc1C1CC1. The molecule has 154 valence electrons. The lowest BCUT2D eigenvalue weighted by molar-refractivity contribution is -0.130. The summed E-state index contributed by atoms with van der Waals surface area (Å²) in [6, 6.07) is 7.97. The highest BCUT2D eigenvalue weighted by Gasteiger charge is 2.30. The Morgan fingerprint density at radius 2 is 2.03 bits per heavy atom. The zero-order valence-electron chi connectivity index (χ0n) is 16.5. The molecule has 6 nitrogen and oxygen atoms in total. The monoisotopic (exact) mass is 431 g/mol. The van der Waals surface area contributed by atoms with E-state index in [1.54, 1.807) is 0 Å². The van der Waals surface area contributed by atoms with Crippen LogP contribution in [0.3, 0.4) is 0 Å². The van der Waals surface area contributed by atoms with E-state index < -0.39 is 0 Å². The number of nitrogens with zero attached hydrogens (tertiary/aromatic N) is 5. The van der Waals surface area contributed by atoms with Crippen molar-refractivity contribution in [2.45, 2.75) is 37.0 Å². The van der Waals surface area contributed by atoms with Crippen molar-refractivity contribution in [1.82, 2.24) is 24.6 Å². The van der Waals surface area contributed by atoms with E-state index in [0.29, 0.717) is 18.2 Å². The minimum absolute atomic E-state index is 0.165. The van der Waals surface area contributed by atoms with Crippen molar-refractivity contribution in [3.63, 3.8) is 0 Å². The molecular formula is C21H26ClN5OS. The van der Waals surface area contributed by atoms with Gasteiger partial charge in [-0.3, -0.25) is 9.69 Å². The molecule has 1 aliphatic carbocycles. The number of benzene rings is 1. The van der Waals surface area contributed by atoms with Gasteiger partial charge in [0.25, 0.3) is 0 Å². The third-order valence-corrected chi connectivity index (χ3v) is 6.53. The fourth-order valence-electron chi connectivity index (χ4n) is 3.62. The molecule has 1 saturated heterocycles. The molecule has 1 amide bonds. The van der Waals surface area contributed by atoms with Gasteiger partial charge in [-0.05, 0) is 30.5 Å². The van der Waals surface area contributed by atoms with Crippen LogP contribution in [0, 0.1) is 0 Å². The molecule has 0 unspecified atom stereocenters. The summed E-state index contributed by atoms with van der Waals surface area (Å²) in [7, 11) is 0. The number of halogens is 1. The molecule has 2 fully saturated rings. The number of allylic oxidation sites excluding steroid dienone is 1. The predicted molar refractivity (Wildman–Crippen MR) is 116 cm³/mol. The largest absolute Gasteiger partial charge is 0.339 e. The second-order valence-corrected chi connectivity index (χ2v) is 8.97. The minimum atomic E-state index is 0.165. The fourth-order valence-corrected chi connectivity index (χ4v) is 4.69. The first-order valence-electron chi connectivity index (χ1n) is 10.1. The summed E-state index contributed by atoms with van der Waals surface area (Å²) >= 11 is 7.56. The average molecular weight is 432 g/mol. The van der Waals surface area contributed by atoms with Crippen LogP contribution in [0.2, 0.25) is 5.02 Å². The predicted octanol–water partition coefficient (Wildman–Crippen LogP) is 3.43. The molecule has 0 N–H and O–H groups in total. The maximum atomic E-state index is 12.7. The van der Waals surface area contributed by atoms with Crippen LogP contribution in [0.15, 0.2) is 42.1 Å². The molecule has 8 heteroatoms. The van der Waals surface area contributed by atoms with E-state index in [2.05, 4.69) is 32.3 Å². The van der Waals surface area contributed by atoms with Crippen LogP contribution in [0.1, 0.15) is 30.1 Å². The van der Waals surface area contributed by atoms with Crippen molar-refractivity contribution in [3.8, 4) is 0 Å².